The van der Waals surface area contributed by atoms with Gasteiger partial charge in [-0.2, -0.15) is 0 Å². The Morgan fingerprint density at radius 3 is 2.44 bits per heavy atom. The Labute approximate surface area is 156 Å². The predicted octanol–water partition coefficient (Wildman–Crippen LogP) is 4.54. The first-order valence-electron chi connectivity index (χ1n) is 7.77. The number of carbonyl (C=O) groups excluding carboxylic acids is 2. The summed E-state index contributed by atoms with van der Waals surface area (Å²) in [7, 11) is 0. The van der Waals surface area contributed by atoms with Crippen molar-refractivity contribution in [3.8, 4) is 0 Å². The van der Waals surface area contributed by atoms with Gasteiger partial charge in [0.1, 0.15) is 0 Å². The summed E-state index contributed by atoms with van der Waals surface area (Å²) in [5.41, 5.74) is 3.79. The van der Waals surface area contributed by atoms with Crippen LogP contribution in [0.15, 0.2) is 41.3 Å². The number of anilines is 1. The van der Waals surface area contributed by atoms with Crippen LogP contribution in [-0.2, 0) is 14.3 Å². The number of amides is 1. The van der Waals surface area contributed by atoms with Crippen molar-refractivity contribution in [1.29, 1.82) is 0 Å². The monoisotopic (exact) mass is 377 g/mol. The van der Waals surface area contributed by atoms with Gasteiger partial charge in [-0.15, -0.1) is 11.8 Å². The highest BCUT2D eigenvalue weighted by molar-refractivity contribution is 8.00. The van der Waals surface area contributed by atoms with Crippen LogP contribution in [0.25, 0.3) is 0 Å². The van der Waals surface area contributed by atoms with E-state index >= 15 is 0 Å². The van der Waals surface area contributed by atoms with Crippen molar-refractivity contribution in [2.75, 3.05) is 17.7 Å². The highest BCUT2D eigenvalue weighted by atomic mass is 35.5. The van der Waals surface area contributed by atoms with Crippen LogP contribution in [-0.4, -0.2) is 24.2 Å². The van der Waals surface area contributed by atoms with Crippen molar-refractivity contribution in [3.63, 3.8) is 0 Å². The summed E-state index contributed by atoms with van der Waals surface area (Å²) in [4.78, 5) is 24.7. The summed E-state index contributed by atoms with van der Waals surface area (Å²) in [5, 5.41) is 3.08. The Kier molecular flexibility index (Phi) is 6.91. The van der Waals surface area contributed by atoms with E-state index in [1.807, 2.05) is 39.0 Å². The summed E-state index contributed by atoms with van der Waals surface area (Å²) in [6, 6.07) is 11.4. The van der Waals surface area contributed by atoms with Gasteiger partial charge in [-0.3, -0.25) is 9.59 Å². The number of nitrogens with one attached hydrogen (secondary N) is 1. The second kappa shape index (κ2) is 8.92. The summed E-state index contributed by atoms with van der Waals surface area (Å²) >= 11 is 7.45. The Bertz CT molecular complexity index is 792. The standard InChI is InChI=1S/C19H20ClNO3S/c1-12-5-7-17(14(3)8-12)25-11-19(23)24-10-18(22)21-16-6-4-13(2)9-15(16)20/h4-9H,10-11H2,1-3H3,(H,21,22). The third kappa shape index (κ3) is 6.11. The van der Waals surface area contributed by atoms with Gasteiger partial charge in [0.25, 0.3) is 5.91 Å². The van der Waals surface area contributed by atoms with Crippen molar-refractivity contribution < 1.29 is 14.3 Å². The van der Waals surface area contributed by atoms with Gasteiger partial charge < -0.3 is 10.1 Å². The molecule has 0 fully saturated rings. The number of thioether (sulfide) groups is 1. The van der Waals surface area contributed by atoms with Gasteiger partial charge in [0, 0.05) is 4.90 Å². The van der Waals surface area contributed by atoms with E-state index in [0.29, 0.717) is 10.7 Å². The molecule has 0 aliphatic rings. The van der Waals surface area contributed by atoms with Gasteiger partial charge in [0.15, 0.2) is 6.61 Å². The maximum atomic E-state index is 11.9. The first-order valence-corrected chi connectivity index (χ1v) is 9.13. The van der Waals surface area contributed by atoms with Gasteiger partial charge in [0.05, 0.1) is 16.5 Å². The lowest BCUT2D eigenvalue weighted by atomic mass is 10.2. The van der Waals surface area contributed by atoms with Crippen LogP contribution in [0, 0.1) is 20.8 Å². The van der Waals surface area contributed by atoms with Crippen molar-refractivity contribution >= 4 is 40.9 Å². The largest absolute Gasteiger partial charge is 0.455 e. The van der Waals surface area contributed by atoms with E-state index < -0.39 is 11.9 Å². The van der Waals surface area contributed by atoms with Crippen molar-refractivity contribution in [3.05, 3.63) is 58.1 Å². The van der Waals surface area contributed by atoms with Crippen LogP contribution in [0.4, 0.5) is 5.69 Å². The fourth-order valence-electron chi connectivity index (χ4n) is 2.19. The lowest BCUT2D eigenvalue weighted by Crippen LogP contribution is -2.21. The third-order valence-electron chi connectivity index (χ3n) is 3.44. The summed E-state index contributed by atoms with van der Waals surface area (Å²) < 4.78 is 5.01. The minimum absolute atomic E-state index is 0.155. The summed E-state index contributed by atoms with van der Waals surface area (Å²) in [6.45, 7) is 5.59. The number of halogens is 1. The fraction of sp³-hybridized carbons (Fsp3) is 0.263. The molecule has 132 valence electrons. The molecule has 0 aliphatic heterocycles. The van der Waals surface area contributed by atoms with Crippen LogP contribution in [0.5, 0.6) is 0 Å². The van der Waals surface area contributed by atoms with Crippen LogP contribution in [0.3, 0.4) is 0 Å². The molecule has 6 heteroatoms. The molecule has 1 amide bonds. The predicted molar refractivity (Wildman–Crippen MR) is 102 cm³/mol. The molecule has 0 saturated carbocycles. The molecule has 0 saturated heterocycles. The fourth-order valence-corrected chi connectivity index (χ4v) is 3.28. The van der Waals surface area contributed by atoms with Gasteiger partial charge in [-0.1, -0.05) is 35.4 Å². The zero-order valence-electron chi connectivity index (χ0n) is 14.4. The van der Waals surface area contributed by atoms with Gasteiger partial charge in [-0.05, 0) is 50.1 Å². The average Bonchev–Trinajstić information content (AvgIpc) is 2.55. The third-order valence-corrected chi connectivity index (χ3v) is 4.90. The zero-order chi connectivity index (χ0) is 18.4. The number of hydrogen-bond donors (Lipinski definition) is 1. The van der Waals surface area contributed by atoms with Crippen molar-refractivity contribution in [2.45, 2.75) is 25.7 Å². The molecule has 0 heterocycles. The van der Waals surface area contributed by atoms with Gasteiger partial charge in [-0.25, -0.2) is 0 Å². The molecule has 2 rings (SSSR count). The van der Waals surface area contributed by atoms with E-state index in [4.69, 9.17) is 16.3 Å². The van der Waals surface area contributed by atoms with E-state index in [9.17, 15) is 9.59 Å². The minimum atomic E-state index is -0.435. The number of benzene rings is 2. The molecule has 0 atom stereocenters. The number of esters is 1. The van der Waals surface area contributed by atoms with E-state index in [-0.39, 0.29) is 12.4 Å². The Balaban J connectivity index is 1.78. The zero-order valence-corrected chi connectivity index (χ0v) is 16.0. The molecular weight excluding hydrogens is 358 g/mol. The topological polar surface area (TPSA) is 55.4 Å². The normalized spacial score (nSPS) is 10.4. The molecule has 0 aliphatic carbocycles. The number of aryl methyl sites for hydroxylation is 3. The molecule has 1 N–H and O–H groups in total. The molecule has 2 aromatic rings. The Morgan fingerprint density at radius 1 is 1.08 bits per heavy atom. The molecule has 0 bridgehead atoms. The highest BCUT2D eigenvalue weighted by Gasteiger charge is 2.11. The van der Waals surface area contributed by atoms with Crippen LogP contribution in [0.2, 0.25) is 5.02 Å². The molecule has 0 unspecified atom stereocenters. The Hall–Kier alpha value is -1.98. The van der Waals surface area contributed by atoms with Gasteiger partial charge in [0.2, 0.25) is 0 Å². The second-order valence-corrected chi connectivity index (χ2v) is 7.17. The molecule has 0 spiro atoms. The first kappa shape index (κ1) is 19.3. The molecule has 4 nitrogen and oxygen atoms in total. The number of rotatable bonds is 6. The van der Waals surface area contributed by atoms with Crippen molar-refractivity contribution in [1.82, 2.24) is 0 Å². The maximum absolute atomic E-state index is 11.9. The van der Waals surface area contributed by atoms with Gasteiger partial charge >= 0.3 is 5.97 Å². The minimum Gasteiger partial charge on any atom is -0.455 e. The summed E-state index contributed by atoms with van der Waals surface area (Å²) in [6.07, 6.45) is 0. The van der Waals surface area contributed by atoms with Crippen LogP contribution >= 0.6 is 23.4 Å². The van der Waals surface area contributed by atoms with Crippen LogP contribution in [0.1, 0.15) is 16.7 Å². The van der Waals surface area contributed by atoms with E-state index in [0.717, 1.165) is 16.0 Å². The lowest BCUT2D eigenvalue weighted by molar-refractivity contribution is -0.144. The number of ether oxygens (including phenoxy) is 1. The Morgan fingerprint density at radius 2 is 1.76 bits per heavy atom. The molecule has 2 aromatic carbocycles. The maximum Gasteiger partial charge on any atom is 0.316 e. The van der Waals surface area contributed by atoms with Crippen molar-refractivity contribution in [2.24, 2.45) is 0 Å². The average molecular weight is 378 g/mol. The van der Waals surface area contributed by atoms with E-state index in [2.05, 4.69) is 11.4 Å². The number of carbonyl (C=O) groups is 2. The highest BCUT2D eigenvalue weighted by Crippen LogP contribution is 2.24. The lowest BCUT2D eigenvalue weighted by Gasteiger charge is -2.09. The molecule has 25 heavy (non-hydrogen) atoms. The smallest absolute Gasteiger partial charge is 0.316 e. The number of hydrogen-bond acceptors (Lipinski definition) is 4. The molecule has 0 radical (unpaired) electrons. The van der Waals surface area contributed by atoms with E-state index in [1.165, 1.54) is 17.3 Å². The molecular formula is C19H20ClNO3S. The second-order valence-electron chi connectivity index (χ2n) is 5.75. The SMILES string of the molecule is Cc1ccc(SCC(=O)OCC(=O)Nc2ccc(C)cc2Cl)c(C)c1. The van der Waals surface area contributed by atoms with Crippen LogP contribution < -0.4 is 5.32 Å². The quantitative estimate of drug-likeness (QED) is 0.593. The summed E-state index contributed by atoms with van der Waals surface area (Å²) in [5.74, 6) is -0.701. The first-order chi connectivity index (χ1) is 11.8. The molecule has 0 aromatic heterocycles. The van der Waals surface area contributed by atoms with E-state index in [1.54, 1.807) is 12.1 Å².